The lowest BCUT2D eigenvalue weighted by Gasteiger charge is -2.15. The molecule has 5 nitrogen and oxygen atoms in total. The van der Waals surface area contributed by atoms with Gasteiger partial charge in [-0.15, -0.1) is 23.7 Å². The molecule has 118 valence electrons. The van der Waals surface area contributed by atoms with Gasteiger partial charge in [0.25, 0.3) is 5.91 Å². The molecule has 0 fully saturated rings. The van der Waals surface area contributed by atoms with Crippen molar-refractivity contribution in [3.63, 3.8) is 0 Å². The van der Waals surface area contributed by atoms with Crippen LogP contribution in [0, 0.1) is 0 Å². The van der Waals surface area contributed by atoms with Gasteiger partial charge in [-0.3, -0.25) is 10.1 Å². The average molecular weight is 340 g/mol. The van der Waals surface area contributed by atoms with E-state index >= 15 is 0 Å². The predicted molar refractivity (Wildman–Crippen MR) is 90.3 cm³/mol. The van der Waals surface area contributed by atoms with Crippen LogP contribution in [0.25, 0.3) is 0 Å². The number of methoxy groups -OCH3 is 1. The standard InChI is InChI=1S/C15H17N3O2S.ClH/c1-20-12-5-3-2-4-10(12)14(19)18-15-17-11-7-6-9(16)8-13(11)21-15;/h2-5,9H,6-8,16H2,1H3,(H,17,18,19);1H/t9-;/m0./s1. The monoisotopic (exact) mass is 339 g/mol. The Hall–Kier alpha value is -1.63. The van der Waals surface area contributed by atoms with Crippen molar-refractivity contribution >= 4 is 34.8 Å². The third kappa shape index (κ3) is 3.40. The number of carbonyl (C=O) groups excluding carboxylic acids is 1. The lowest BCUT2D eigenvalue weighted by atomic mass is 9.99. The van der Waals surface area contributed by atoms with Gasteiger partial charge in [-0.2, -0.15) is 0 Å². The van der Waals surface area contributed by atoms with Gasteiger partial charge in [-0.1, -0.05) is 12.1 Å². The molecule has 0 aliphatic heterocycles. The van der Waals surface area contributed by atoms with Crippen LogP contribution in [0.15, 0.2) is 24.3 Å². The molecule has 1 aliphatic carbocycles. The molecule has 0 spiro atoms. The van der Waals surface area contributed by atoms with E-state index in [4.69, 9.17) is 10.5 Å². The van der Waals surface area contributed by atoms with Crippen molar-refractivity contribution in [2.45, 2.75) is 25.3 Å². The van der Waals surface area contributed by atoms with E-state index in [1.165, 1.54) is 16.2 Å². The van der Waals surface area contributed by atoms with Crippen LogP contribution in [0.5, 0.6) is 5.75 Å². The van der Waals surface area contributed by atoms with Gasteiger partial charge in [0.2, 0.25) is 0 Å². The minimum Gasteiger partial charge on any atom is -0.496 e. The van der Waals surface area contributed by atoms with Gasteiger partial charge >= 0.3 is 0 Å². The molecule has 3 N–H and O–H groups in total. The Morgan fingerprint density at radius 1 is 1.45 bits per heavy atom. The number of hydrogen-bond donors (Lipinski definition) is 2. The normalized spacial score (nSPS) is 16.4. The van der Waals surface area contributed by atoms with Crippen LogP contribution in [0.3, 0.4) is 0 Å². The van der Waals surface area contributed by atoms with E-state index in [-0.39, 0.29) is 24.4 Å². The van der Waals surface area contributed by atoms with Crippen molar-refractivity contribution in [2.75, 3.05) is 12.4 Å². The van der Waals surface area contributed by atoms with E-state index in [2.05, 4.69) is 10.3 Å². The van der Waals surface area contributed by atoms with Gasteiger partial charge in [0, 0.05) is 10.9 Å². The first-order valence-electron chi connectivity index (χ1n) is 6.86. The Morgan fingerprint density at radius 3 is 3.00 bits per heavy atom. The number of rotatable bonds is 3. The molecule has 0 saturated carbocycles. The minimum atomic E-state index is -0.206. The first kappa shape index (κ1) is 16.7. The van der Waals surface area contributed by atoms with E-state index in [1.807, 2.05) is 12.1 Å². The van der Waals surface area contributed by atoms with E-state index in [9.17, 15) is 4.79 Å². The summed E-state index contributed by atoms with van der Waals surface area (Å²) >= 11 is 1.51. The van der Waals surface area contributed by atoms with Crippen LogP contribution in [0.2, 0.25) is 0 Å². The van der Waals surface area contributed by atoms with Crippen molar-refractivity contribution in [3.05, 3.63) is 40.4 Å². The Balaban J connectivity index is 0.00000176. The molecule has 1 atom stereocenters. The largest absolute Gasteiger partial charge is 0.496 e. The lowest BCUT2D eigenvalue weighted by Crippen LogP contribution is -2.27. The Bertz CT molecular complexity index is 675. The SMILES string of the molecule is COc1ccccc1C(=O)Nc1nc2c(s1)C[C@@H](N)CC2.Cl. The summed E-state index contributed by atoms with van der Waals surface area (Å²) in [6.45, 7) is 0. The number of aryl methyl sites for hydroxylation is 1. The van der Waals surface area contributed by atoms with E-state index < -0.39 is 0 Å². The van der Waals surface area contributed by atoms with Gasteiger partial charge in [0.1, 0.15) is 5.75 Å². The molecule has 3 rings (SSSR count). The van der Waals surface area contributed by atoms with Crippen molar-refractivity contribution < 1.29 is 9.53 Å². The second-order valence-electron chi connectivity index (χ2n) is 5.05. The summed E-state index contributed by atoms with van der Waals surface area (Å²) in [5, 5.41) is 3.48. The molecule has 0 radical (unpaired) electrons. The first-order chi connectivity index (χ1) is 10.2. The van der Waals surface area contributed by atoms with E-state index in [1.54, 1.807) is 19.2 Å². The fourth-order valence-electron chi connectivity index (χ4n) is 2.45. The molecule has 1 aliphatic rings. The zero-order valence-electron chi connectivity index (χ0n) is 12.2. The zero-order valence-corrected chi connectivity index (χ0v) is 13.8. The summed E-state index contributed by atoms with van der Waals surface area (Å²) in [5.41, 5.74) is 7.54. The minimum absolute atomic E-state index is 0. The smallest absolute Gasteiger partial charge is 0.261 e. The molecule has 1 amide bonds. The fraction of sp³-hybridized carbons (Fsp3) is 0.333. The van der Waals surface area contributed by atoms with Gasteiger partial charge < -0.3 is 10.5 Å². The van der Waals surface area contributed by atoms with Crippen molar-refractivity contribution in [2.24, 2.45) is 5.73 Å². The summed E-state index contributed by atoms with van der Waals surface area (Å²) in [6.07, 6.45) is 2.69. The molecule has 1 aromatic carbocycles. The Labute approximate surface area is 139 Å². The second kappa shape index (κ2) is 7.09. The predicted octanol–water partition coefficient (Wildman–Crippen LogP) is 2.64. The zero-order chi connectivity index (χ0) is 14.8. The fourth-order valence-corrected chi connectivity index (χ4v) is 3.55. The highest BCUT2D eigenvalue weighted by Gasteiger charge is 2.21. The highest BCUT2D eigenvalue weighted by molar-refractivity contribution is 7.15. The molecular weight excluding hydrogens is 322 g/mol. The molecule has 0 unspecified atom stereocenters. The summed E-state index contributed by atoms with van der Waals surface area (Å²) in [7, 11) is 1.55. The molecule has 22 heavy (non-hydrogen) atoms. The van der Waals surface area contributed by atoms with Crippen LogP contribution in [-0.2, 0) is 12.8 Å². The highest BCUT2D eigenvalue weighted by Crippen LogP contribution is 2.30. The third-order valence-corrected chi connectivity index (χ3v) is 4.59. The first-order valence-corrected chi connectivity index (χ1v) is 7.67. The highest BCUT2D eigenvalue weighted by atomic mass is 35.5. The number of anilines is 1. The number of halogens is 1. The number of fused-ring (bicyclic) bond motifs is 1. The number of ether oxygens (including phenoxy) is 1. The van der Waals surface area contributed by atoms with E-state index in [0.29, 0.717) is 16.4 Å². The Kier molecular flexibility index (Phi) is 5.39. The molecule has 7 heteroatoms. The number of benzene rings is 1. The van der Waals surface area contributed by atoms with Crippen molar-refractivity contribution in [1.29, 1.82) is 0 Å². The molecule has 2 aromatic rings. The number of hydrogen-bond acceptors (Lipinski definition) is 5. The van der Waals surface area contributed by atoms with E-state index in [0.717, 1.165) is 25.0 Å². The molecule has 0 saturated heterocycles. The van der Waals surface area contributed by atoms with Crippen LogP contribution < -0.4 is 15.8 Å². The number of nitrogens with two attached hydrogens (primary N) is 1. The molecule has 1 heterocycles. The number of nitrogens with one attached hydrogen (secondary N) is 1. The van der Waals surface area contributed by atoms with Crippen LogP contribution >= 0.6 is 23.7 Å². The topological polar surface area (TPSA) is 77.2 Å². The maximum absolute atomic E-state index is 12.3. The number of thiazole rings is 1. The van der Waals surface area contributed by atoms with Crippen LogP contribution in [-0.4, -0.2) is 24.0 Å². The number of para-hydroxylation sites is 1. The Morgan fingerprint density at radius 2 is 2.23 bits per heavy atom. The number of aromatic nitrogens is 1. The van der Waals surface area contributed by atoms with Gasteiger partial charge in [0.05, 0.1) is 18.4 Å². The summed E-state index contributed by atoms with van der Waals surface area (Å²) < 4.78 is 5.21. The van der Waals surface area contributed by atoms with Crippen LogP contribution in [0.1, 0.15) is 27.3 Å². The maximum atomic E-state index is 12.3. The maximum Gasteiger partial charge on any atom is 0.261 e. The molecule has 0 bridgehead atoms. The summed E-state index contributed by atoms with van der Waals surface area (Å²) in [6, 6.07) is 7.34. The van der Waals surface area contributed by atoms with Crippen LogP contribution in [0.4, 0.5) is 5.13 Å². The second-order valence-corrected chi connectivity index (χ2v) is 6.13. The molecular formula is C15H18ClN3O2S. The number of nitrogens with zero attached hydrogens (tertiary/aromatic N) is 1. The summed E-state index contributed by atoms with van der Waals surface area (Å²) in [4.78, 5) is 18.0. The number of carbonyl (C=O) groups is 1. The average Bonchev–Trinajstić information content (AvgIpc) is 2.88. The molecule has 1 aromatic heterocycles. The van der Waals surface area contributed by atoms with Gasteiger partial charge in [-0.25, -0.2) is 4.98 Å². The van der Waals surface area contributed by atoms with Gasteiger partial charge in [-0.05, 0) is 31.4 Å². The van der Waals surface area contributed by atoms with Crippen molar-refractivity contribution in [1.82, 2.24) is 4.98 Å². The van der Waals surface area contributed by atoms with Gasteiger partial charge in [0.15, 0.2) is 5.13 Å². The van der Waals surface area contributed by atoms with Crippen molar-refractivity contribution in [3.8, 4) is 5.75 Å². The third-order valence-electron chi connectivity index (χ3n) is 3.55. The number of amides is 1. The lowest BCUT2D eigenvalue weighted by molar-refractivity contribution is 0.102. The quantitative estimate of drug-likeness (QED) is 0.901. The summed E-state index contributed by atoms with van der Waals surface area (Å²) in [5.74, 6) is 0.348.